The predicted octanol–water partition coefficient (Wildman–Crippen LogP) is 3.33. The average Bonchev–Trinajstić information content (AvgIpc) is 2.59. The Hall–Kier alpha value is -0.860. The number of benzene rings is 1. The quantitative estimate of drug-likeness (QED) is 0.870. The SMILES string of the molecule is CC.Cc1ccc(CN2CCCCC(N)C2)cc1. The summed E-state index contributed by atoms with van der Waals surface area (Å²) in [4.78, 5) is 2.49. The van der Waals surface area contributed by atoms with Crippen molar-refractivity contribution in [3.05, 3.63) is 35.4 Å². The van der Waals surface area contributed by atoms with Crippen molar-refractivity contribution in [2.24, 2.45) is 5.73 Å². The lowest BCUT2D eigenvalue weighted by atomic mass is 10.1. The summed E-state index contributed by atoms with van der Waals surface area (Å²) in [5.74, 6) is 0. The van der Waals surface area contributed by atoms with Crippen LogP contribution in [0.2, 0.25) is 0 Å². The van der Waals surface area contributed by atoms with Gasteiger partial charge in [0.05, 0.1) is 0 Å². The highest BCUT2D eigenvalue weighted by molar-refractivity contribution is 5.21. The Bertz CT molecular complexity index is 318. The van der Waals surface area contributed by atoms with E-state index in [1.165, 1.54) is 36.9 Å². The van der Waals surface area contributed by atoms with E-state index in [-0.39, 0.29) is 0 Å². The van der Waals surface area contributed by atoms with Gasteiger partial charge in [0.15, 0.2) is 0 Å². The molecule has 1 saturated heterocycles. The molecule has 0 radical (unpaired) electrons. The summed E-state index contributed by atoms with van der Waals surface area (Å²) in [6.45, 7) is 9.43. The summed E-state index contributed by atoms with van der Waals surface area (Å²) in [6.07, 6.45) is 3.76. The van der Waals surface area contributed by atoms with E-state index in [1.54, 1.807) is 0 Å². The van der Waals surface area contributed by atoms with Gasteiger partial charge in [0, 0.05) is 19.1 Å². The van der Waals surface area contributed by atoms with E-state index in [0.29, 0.717) is 6.04 Å². The van der Waals surface area contributed by atoms with Crippen molar-refractivity contribution in [1.82, 2.24) is 4.90 Å². The monoisotopic (exact) mass is 248 g/mol. The molecule has 0 spiro atoms. The van der Waals surface area contributed by atoms with Crippen molar-refractivity contribution >= 4 is 0 Å². The van der Waals surface area contributed by atoms with Gasteiger partial charge in [0.1, 0.15) is 0 Å². The lowest BCUT2D eigenvalue weighted by Crippen LogP contribution is -2.35. The maximum atomic E-state index is 6.06. The standard InChI is InChI=1S/C14H22N2.C2H6/c1-12-5-7-13(8-6-12)10-16-9-3-2-4-14(15)11-16;1-2/h5-8,14H,2-4,9-11,15H2,1H3;1-2H3. The normalized spacial score (nSPS) is 20.8. The topological polar surface area (TPSA) is 29.3 Å². The van der Waals surface area contributed by atoms with Crippen LogP contribution in [0.15, 0.2) is 24.3 Å². The van der Waals surface area contributed by atoms with Gasteiger partial charge >= 0.3 is 0 Å². The highest BCUT2D eigenvalue weighted by Gasteiger charge is 2.14. The molecule has 1 fully saturated rings. The lowest BCUT2D eigenvalue weighted by Gasteiger charge is -2.22. The smallest absolute Gasteiger partial charge is 0.0234 e. The molecule has 1 aromatic carbocycles. The van der Waals surface area contributed by atoms with E-state index < -0.39 is 0 Å². The molecule has 0 aliphatic carbocycles. The van der Waals surface area contributed by atoms with Crippen molar-refractivity contribution in [2.75, 3.05) is 13.1 Å². The van der Waals surface area contributed by atoms with Gasteiger partial charge in [-0.2, -0.15) is 0 Å². The molecule has 2 heteroatoms. The van der Waals surface area contributed by atoms with E-state index in [4.69, 9.17) is 5.73 Å². The molecule has 1 aliphatic rings. The molecule has 0 aromatic heterocycles. The number of hydrogen-bond donors (Lipinski definition) is 1. The molecule has 2 N–H and O–H groups in total. The van der Waals surface area contributed by atoms with E-state index in [2.05, 4.69) is 36.1 Å². The largest absolute Gasteiger partial charge is 0.327 e. The van der Waals surface area contributed by atoms with Crippen LogP contribution in [-0.4, -0.2) is 24.0 Å². The first-order chi connectivity index (χ1) is 8.74. The van der Waals surface area contributed by atoms with Gasteiger partial charge in [-0.15, -0.1) is 0 Å². The van der Waals surface area contributed by atoms with Crippen LogP contribution in [0.4, 0.5) is 0 Å². The van der Waals surface area contributed by atoms with E-state index in [0.717, 1.165) is 13.1 Å². The van der Waals surface area contributed by atoms with Gasteiger partial charge in [-0.05, 0) is 31.9 Å². The molecule has 0 saturated carbocycles. The molecular weight excluding hydrogens is 220 g/mol. The molecule has 1 unspecified atom stereocenters. The fourth-order valence-electron chi connectivity index (χ4n) is 2.35. The molecular formula is C16H28N2. The zero-order chi connectivity index (χ0) is 13.4. The van der Waals surface area contributed by atoms with E-state index >= 15 is 0 Å². The summed E-state index contributed by atoms with van der Waals surface area (Å²) >= 11 is 0. The molecule has 1 aromatic rings. The third kappa shape index (κ3) is 5.19. The van der Waals surface area contributed by atoms with Crippen molar-refractivity contribution < 1.29 is 0 Å². The summed E-state index contributed by atoms with van der Waals surface area (Å²) < 4.78 is 0. The van der Waals surface area contributed by atoms with E-state index in [9.17, 15) is 0 Å². The molecule has 1 aliphatic heterocycles. The van der Waals surface area contributed by atoms with Crippen molar-refractivity contribution in [2.45, 2.75) is 52.6 Å². The third-order valence-corrected chi connectivity index (χ3v) is 3.32. The number of aryl methyl sites for hydroxylation is 1. The maximum Gasteiger partial charge on any atom is 0.0234 e. The summed E-state index contributed by atoms with van der Waals surface area (Å²) in [5, 5.41) is 0. The number of nitrogens with two attached hydrogens (primary N) is 1. The second-order valence-corrected chi connectivity index (χ2v) is 4.98. The highest BCUT2D eigenvalue weighted by atomic mass is 15.1. The average molecular weight is 248 g/mol. The zero-order valence-electron chi connectivity index (χ0n) is 12.2. The van der Waals surface area contributed by atoms with Crippen LogP contribution in [0.25, 0.3) is 0 Å². The van der Waals surface area contributed by atoms with Gasteiger partial charge in [-0.25, -0.2) is 0 Å². The Morgan fingerprint density at radius 2 is 1.83 bits per heavy atom. The molecule has 2 rings (SSSR count). The van der Waals surface area contributed by atoms with Gasteiger partial charge < -0.3 is 5.73 Å². The first kappa shape index (κ1) is 15.2. The fraction of sp³-hybridized carbons (Fsp3) is 0.625. The molecule has 0 bridgehead atoms. The predicted molar refractivity (Wildman–Crippen MR) is 79.6 cm³/mol. The Morgan fingerprint density at radius 3 is 2.50 bits per heavy atom. The van der Waals surface area contributed by atoms with Gasteiger partial charge in [0.25, 0.3) is 0 Å². The zero-order valence-corrected chi connectivity index (χ0v) is 12.2. The second kappa shape index (κ2) is 8.28. The van der Waals surface area contributed by atoms with Crippen LogP contribution < -0.4 is 5.73 Å². The Morgan fingerprint density at radius 1 is 1.17 bits per heavy atom. The minimum Gasteiger partial charge on any atom is -0.327 e. The van der Waals surface area contributed by atoms with Gasteiger partial charge in [-0.1, -0.05) is 50.1 Å². The van der Waals surface area contributed by atoms with Crippen molar-refractivity contribution in [3.63, 3.8) is 0 Å². The molecule has 102 valence electrons. The fourth-order valence-corrected chi connectivity index (χ4v) is 2.35. The number of hydrogen-bond acceptors (Lipinski definition) is 2. The maximum absolute atomic E-state index is 6.06. The minimum absolute atomic E-state index is 0.368. The summed E-state index contributed by atoms with van der Waals surface area (Å²) in [6, 6.07) is 9.20. The van der Waals surface area contributed by atoms with Crippen LogP contribution in [0, 0.1) is 6.92 Å². The first-order valence-corrected chi connectivity index (χ1v) is 7.27. The van der Waals surface area contributed by atoms with Crippen molar-refractivity contribution in [3.8, 4) is 0 Å². The van der Waals surface area contributed by atoms with E-state index in [1.807, 2.05) is 13.8 Å². The highest BCUT2D eigenvalue weighted by Crippen LogP contribution is 2.13. The third-order valence-electron chi connectivity index (χ3n) is 3.32. The number of nitrogens with zero attached hydrogens (tertiary/aromatic N) is 1. The first-order valence-electron chi connectivity index (χ1n) is 7.27. The second-order valence-electron chi connectivity index (χ2n) is 4.98. The molecule has 2 nitrogen and oxygen atoms in total. The van der Waals surface area contributed by atoms with Gasteiger partial charge in [0.2, 0.25) is 0 Å². The number of likely N-dealkylation sites (tertiary alicyclic amines) is 1. The Kier molecular flexibility index (Phi) is 6.99. The minimum atomic E-state index is 0.368. The van der Waals surface area contributed by atoms with Crippen molar-refractivity contribution in [1.29, 1.82) is 0 Å². The van der Waals surface area contributed by atoms with Gasteiger partial charge in [-0.3, -0.25) is 4.90 Å². The van der Waals surface area contributed by atoms with Crippen LogP contribution in [0.1, 0.15) is 44.2 Å². The summed E-state index contributed by atoms with van der Waals surface area (Å²) in [5.41, 5.74) is 8.79. The lowest BCUT2D eigenvalue weighted by molar-refractivity contribution is 0.265. The van der Waals surface area contributed by atoms with Crippen LogP contribution in [-0.2, 0) is 6.54 Å². The van der Waals surface area contributed by atoms with Crippen LogP contribution in [0.3, 0.4) is 0 Å². The summed E-state index contributed by atoms with van der Waals surface area (Å²) in [7, 11) is 0. The molecule has 1 heterocycles. The number of rotatable bonds is 2. The molecule has 18 heavy (non-hydrogen) atoms. The van der Waals surface area contributed by atoms with Crippen LogP contribution >= 0.6 is 0 Å². The molecule has 1 atom stereocenters. The Labute approximate surface area is 112 Å². The Balaban J connectivity index is 0.000000771. The van der Waals surface area contributed by atoms with Crippen LogP contribution in [0.5, 0.6) is 0 Å². The molecule has 0 amide bonds.